The molecule has 1 N–H and O–H groups in total. The van der Waals surface area contributed by atoms with E-state index in [0.29, 0.717) is 0 Å². The number of amides is 1. The van der Waals surface area contributed by atoms with Gasteiger partial charge in [-0.3, -0.25) is 4.79 Å². The molecule has 0 saturated heterocycles. The number of nitrogens with zero attached hydrogens (tertiary/aromatic N) is 3. The van der Waals surface area contributed by atoms with Crippen molar-refractivity contribution in [1.82, 2.24) is 5.32 Å². The molecule has 0 aliphatic carbocycles. The molecule has 5 nitrogen and oxygen atoms in total. The Morgan fingerprint density at radius 3 is 0.567 bits per heavy atom. The zero-order chi connectivity index (χ0) is 43.8. The molecule has 258 valence electrons. The van der Waals surface area contributed by atoms with Crippen molar-refractivity contribution < 1.29 is 4.79 Å². The maximum absolute atomic E-state index is 10.0. The van der Waals surface area contributed by atoms with Gasteiger partial charge in [0.2, 0.25) is 5.91 Å². The average Bonchev–Trinajstić information content (AvgIpc) is 3.25. The Kier molecular flexibility index (Phi) is 40.7. The zero-order valence-corrected chi connectivity index (χ0v) is 31.5. The van der Waals surface area contributed by atoms with Crippen LogP contribution in [-0.2, 0) is 4.79 Å². The quantitative estimate of drug-likeness (QED) is 0.198. The van der Waals surface area contributed by atoms with Gasteiger partial charge in [-0.2, -0.15) is 0 Å². The van der Waals surface area contributed by atoms with Crippen molar-refractivity contribution in [3.05, 3.63) is 10.4 Å². The molecule has 0 saturated carbocycles. The SMILES string of the molecule is CC#CC#CC#CC#CC#CC#CC#CC#CC#CC#CC#CC#CC#CC#CC#CC#CC#CC#CC#CC#CC#CC#CC#CC#CC#CC.CC(=O)NCN=[N+]=[N-]. The highest BCUT2D eigenvalue weighted by Gasteiger charge is 1.82. The summed E-state index contributed by atoms with van der Waals surface area (Å²) in [5, 5.41) is 5.35. The maximum Gasteiger partial charge on any atom is 0.216 e. The van der Waals surface area contributed by atoms with E-state index in [4.69, 9.17) is 5.53 Å². The van der Waals surface area contributed by atoms with Gasteiger partial charge in [0.05, 0.1) is 6.67 Å². The van der Waals surface area contributed by atoms with Crippen molar-refractivity contribution in [1.29, 1.82) is 0 Å². The summed E-state index contributed by atoms with van der Waals surface area (Å²) in [6.07, 6.45) is 0. The molecule has 0 aliphatic rings. The summed E-state index contributed by atoms with van der Waals surface area (Å²) in [7, 11) is 0. The lowest BCUT2D eigenvalue weighted by atomic mass is 10.4. The number of rotatable bonds is 2. The first kappa shape index (κ1) is 49.9. The van der Waals surface area contributed by atoms with Crippen LogP contribution in [0.5, 0.6) is 0 Å². The Hall–Kier alpha value is -12.2. The second kappa shape index (κ2) is 48.9. The number of carbonyl (C=O) groups is 1. The molecule has 0 atom stereocenters. The zero-order valence-electron chi connectivity index (χ0n) is 31.5. The van der Waals surface area contributed by atoms with Crippen molar-refractivity contribution in [2.45, 2.75) is 20.8 Å². The third-order valence-corrected chi connectivity index (χ3v) is 3.65. The normalized spacial score (nSPS) is 4.38. The van der Waals surface area contributed by atoms with Crippen LogP contribution in [0.2, 0.25) is 0 Å². The lowest BCUT2D eigenvalue weighted by molar-refractivity contribution is -0.118. The largest absolute Gasteiger partial charge is 0.350 e. The van der Waals surface area contributed by atoms with Crippen LogP contribution in [0.1, 0.15) is 20.8 Å². The number of hydrogen-bond donors (Lipinski definition) is 1. The molecule has 0 aromatic heterocycles. The standard InChI is InChI=1S/C52H6.C3H6N4O/c1-3-5-7-9-11-13-15-17-19-21-23-25-27-29-31-33-35-37-39-41-43-45-47-49-51-52-50-48-46-44-42-40-38-36-34-32-30-28-26-24-22-20-18-16-14-12-10-8-6-4-2;1-3(8)5-2-6-7-4/h1-2H3;2H2,1H3,(H,5,8). The molecule has 60 heavy (non-hydrogen) atoms. The van der Waals surface area contributed by atoms with E-state index in [-0.39, 0.29) is 12.6 Å². The fraction of sp³-hybridized carbons (Fsp3) is 0.0727. The van der Waals surface area contributed by atoms with Gasteiger partial charge in [-0.05, 0) is 114 Å². The second-order valence-corrected chi connectivity index (χ2v) is 7.62. The maximum atomic E-state index is 10.0. The summed E-state index contributed by atoms with van der Waals surface area (Å²) < 4.78 is 0. The van der Waals surface area contributed by atoms with E-state index in [1.807, 2.05) is 0 Å². The van der Waals surface area contributed by atoms with E-state index in [1.54, 1.807) is 13.8 Å². The first-order valence-corrected chi connectivity index (χ1v) is 15.3. The Labute approximate surface area is 353 Å². The van der Waals surface area contributed by atoms with Gasteiger partial charge >= 0.3 is 0 Å². The van der Waals surface area contributed by atoms with Gasteiger partial charge in [0.1, 0.15) is 0 Å². The van der Waals surface area contributed by atoms with E-state index in [0.717, 1.165) is 0 Å². The van der Waals surface area contributed by atoms with E-state index in [2.05, 4.69) is 311 Å². The topological polar surface area (TPSA) is 77.9 Å². The summed E-state index contributed by atoms with van der Waals surface area (Å²) in [5.41, 5.74) is 7.69. The fourth-order valence-corrected chi connectivity index (χ4v) is 1.74. The molecule has 0 aromatic carbocycles. The van der Waals surface area contributed by atoms with Gasteiger partial charge in [0.15, 0.2) is 0 Å². The molecular weight excluding hydrogens is 733 g/mol. The summed E-state index contributed by atoms with van der Waals surface area (Å²) in [6.45, 7) is 4.76. The van der Waals surface area contributed by atoms with Crippen molar-refractivity contribution in [3.8, 4) is 296 Å². The lowest BCUT2D eigenvalue weighted by Crippen LogP contribution is -2.18. The molecule has 1 amide bonds. The third-order valence-electron chi connectivity index (χ3n) is 3.65. The highest BCUT2D eigenvalue weighted by atomic mass is 16.1. The van der Waals surface area contributed by atoms with E-state index < -0.39 is 0 Å². The van der Waals surface area contributed by atoms with Crippen LogP contribution < -0.4 is 5.32 Å². The fourth-order valence-electron chi connectivity index (χ4n) is 1.74. The lowest BCUT2D eigenvalue weighted by Gasteiger charge is -1.89. The van der Waals surface area contributed by atoms with Gasteiger partial charge in [0, 0.05) is 201 Å². The number of nitrogens with one attached hydrogen (secondary N) is 1. The molecule has 0 unspecified atom stereocenters. The Morgan fingerprint density at radius 1 is 0.333 bits per heavy atom. The Balaban J connectivity index is 0. The number of azide groups is 1. The molecule has 5 heteroatoms. The second-order valence-electron chi connectivity index (χ2n) is 7.62. The number of carbonyl (C=O) groups excluding carboxylic acids is 1. The van der Waals surface area contributed by atoms with Crippen LogP contribution in [0.25, 0.3) is 10.4 Å². The van der Waals surface area contributed by atoms with Gasteiger partial charge < -0.3 is 5.32 Å². The van der Waals surface area contributed by atoms with Gasteiger partial charge in [-0.1, -0.05) is 17.0 Å². The molecule has 0 bridgehead atoms. The summed E-state index contributed by atoms with van der Waals surface area (Å²) in [6, 6.07) is 0. The molecule has 0 heterocycles. The van der Waals surface area contributed by atoms with Crippen LogP contribution >= 0.6 is 0 Å². The molecule has 0 spiro atoms. The highest BCUT2D eigenvalue weighted by molar-refractivity contribution is 5.72. The minimum atomic E-state index is -0.197. The molecule has 0 fully saturated rings. The summed E-state index contributed by atoms with van der Waals surface area (Å²) >= 11 is 0. The van der Waals surface area contributed by atoms with Gasteiger partial charge in [-0.25, -0.2) is 0 Å². The van der Waals surface area contributed by atoms with Crippen molar-refractivity contribution in [2.24, 2.45) is 5.11 Å². The summed E-state index contributed by atoms with van der Waals surface area (Å²) in [5.74, 6) is 125. The van der Waals surface area contributed by atoms with Crippen LogP contribution in [0, 0.1) is 296 Å². The first-order valence-electron chi connectivity index (χ1n) is 15.3. The highest BCUT2D eigenvalue weighted by Crippen LogP contribution is 1.65. The monoisotopic (exact) mass is 744 g/mol. The van der Waals surface area contributed by atoms with Crippen molar-refractivity contribution >= 4 is 5.91 Å². The predicted molar refractivity (Wildman–Crippen MR) is 234 cm³/mol. The first-order chi connectivity index (χ1) is 29.7. The Morgan fingerprint density at radius 2 is 0.467 bits per heavy atom. The molecule has 0 rings (SSSR count). The van der Waals surface area contributed by atoms with Crippen LogP contribution in [0.4, 0.5) is 0 Å². The van der Waals surface area contributed by atoms with Gasteiger partial charge in [0.25, 0.3) is 0 Å². The van der Waals surface area contributed by atoms with E-state index in [1.165, 1.54) is 6.92 Å². The average molecular weight is 745 g/mol. The van der Waals surface area contributed by atoms with Crippen molar-refractivity contribution in [3.63, 3.8) is 0 Å². The molecule has 0 aliphatic heterocycles. The van der Waals surface area contributed by atoms with E-state index in [9.17, 15) is 4.79 Å². The minimum absolute atomic E-state index is 0.0336. The van der Waals surface area contributed by atoms with Gasteiger partial charge in [-0.15, -0.1) is 0 Å². The molecule has 0 radical (unpaired) electrons. The third kappa shape index (κ3) is 52.6. The molecule has 0 aromatic rings. The predicted octanol–water partition coefficient (Wildman–Crippen LogP) is 1.50. The Bertz CT molecular complexity index is 3250. The molecular formula is C55H12N4O. The van der Waals surface area contributed by atoms with Crippen LogP contribution in [0.15, 0.2) is 5.11 Å². The van der Waals surface area contributed by atoms with Crippen LogP contribution in [0.3, 0.4) is 0 Å². The minimum Gasteiger partial charge on any atom is -0.350 e. The number of hydrogen-bond acceptors (Lipinski definition) is 2. The van der Waals surface area contributed by atoms with E-state index >= 15 is 0 Å². The smallest absolute Gasteiger partial charge is 0.216 e. The summed E-state index contributed by atoms with van der Waals surface area (Å²) in [4.78, 5) is 12.4. The van der Waals surface area contributed by atoms with Crippen molar-refractivity contribution in [2.75, 3.05) is 6.67 Å². The van der Waals surface area contributed by atoms with Crippen LogP contribution in [-0.4, -0.2) is 12.6 Å².